The summed E-state index contributed by atoms with van der Waals surface area (Å²) in [6, 6.07) is 39.3. The molecule has 1 aliphatic carbocycles. The molecular formula is C88H117N2O10P. The van der Waals surface area contributed by atoms with Crippen molar-refractivity contribution in [1.29, 1.82) is 0 Å². The van der Waals surface area contributed by atoms with Crippen LogP contribution in [0.4, 0.5) is 0 Å². The first-order chi connectivity index (χ1) is 47.3. The molecule has 1 atom stereocenters. The summed E-state index contributed by atoms with van der Waals surface area (Å²) in [6.45, 7) is 51.1. The van der Waals surface area contributed by atoms with Gasteiger partial charge in [0.05, 0.1) is 30.4 Å². The van der Waals surface area contributed by atoms with Crippen LogP contribution < -0.4 is 25.0 Å². The minimum Gasteiger partial charge on any atom is -0.736 e. The highest BCUT2D eigenvalue weighted by Crippen LogP contribution is 2.62. The average Bonchev–Trinajstić information content (AvgIpc) is 1.65. The molecule has 0 radical (unpaired) electrons. The van der Waals surface area contributed by atoms with Crippen LogP contribution in [0, 0.1) is 16.7 Å². The number of hydrogen-bond acceptors (Lipinski definition) is 11. The minimum atomic E-state index is -5.00. The topological polar surface area (TPSA) is 185 Å². The van der Waals surface area contributed by atoms with E-state index in [9.17, 15) is 28.6 Å². The van der Waals surface area contributed by atoms with Crippen LogP contribution in [-0.2, 0) is 46.1 Å². The van der Waals surface area contributed by atoms with Gasteiger partial charge in [-0.25, -0.2) is 14.2 Å². The Balaban J connectivity index is 0.000000278. The predicted octanol–water partition coefficient (Wildman–Crippen LogP) is 21.5. The van der Waals surface area contributed by atoms with Gasteiger partial charge in [-0.05, 0) is 182 Å². The number of benzene rings is 7. The van der Waals surface area contributed by atoms with E-state index in [4.69, 9.17) is 18.5 Å². The number of hydrogen-bond donors (Lipinski definition) is 2. The molecule has 0 spiro atoms. The Kier molecular flexibility index (Phi) is 28.7. The van der Waals surface area contributed by atoms with Crippen LogP contribution in [0.2, 0.25) is 0 Å². The minimum absolute atomic E-state index is 0.140. The van der Waals surface area contributed by atoms with Gasteiger partial charge in [0.1, 0.15) is 24.1 Å². The van der Waals surface area contributed by atoms with Crippen molar-refractivity contribution in [3.05, 3.63) is 188 Å². The number of phosphoric ester groups is 1. The molecule has 7 aromatic rings. The third kappa shape index (κ3) is 20.5. The molecule has 1 unspecified atom stereocenters. The van der Waals surface area contributed by atoms with Crippen molar-refractivity contribution < 1.29 is 52.9 Å². The summed E-state index contributed by atoms with van der Waals surface area (Å²) in [7, 11) is -5.00. The molecule has 10 rings (SSSR count). The molecule has 7 aromatic carbocycles. The molecule has 2 aliphatic heterocycles. The number of ether oxygens (including phenoxy) is 2. The Bertz CT molecular complexity index is 3970. The molecular weight excluding hydrogens is 1280 g/mol. The number of fused-ring (bicyclic) bond motifs is 8. The van der Waals surface area contributed by atoms with Crippen molar-refractivity contribution in [3.63, 3.8) is 0 Å². The van der Waals surface area contributed by atoms with Crippen LogP contribution in [0.1, 0.15) is 259 Å². The lowest BCUT2D eigenvalue weighted by atomic mass is 9.78. The number of dihydropyridines is 1. The molecule has 0 aromatic heterocycles. The Labute approximate surface area is 605 Å². The van der Waals surface area contributed by atoms with Crippen LogP contribution in [0.15, 0.2) is 143 Å². The first-order valence-corrected chi connectivity index (χ1v) is 37.9. The highest BCUT2D eigenvalue weighted by molar-refractivity contribution is 7.46. The van der Waals surface area contributed by atoms with Crippen LogP contribution in [0.25, 0.3) is 54.9 Å². The van der Waals surface area contributed by atoms with E-state index < -0.39 is 19.8 Å². The fourth-order valence-corrected chi connectivity index (χ4v) is 13.6. The van der Waals surface area contributed by atoms with Crippen LogP contribution in [0.5, 0.6) is 11.5 Å². The molecule has 2 heterocycles. The van der Waals surface area contributed by atoms with E-state index in [1.54, 1.807) is 33.8 Å². The largest absolute Gasteiger partial charge is 0.736 e. The second kappa shape index (κ2) is 35.3. The van der Waals surface area contributed by atoms with E-state index in [2.05, 4.69) is 240 Å². The fraction of sp³-hybridized carbons (Fsp3) is 0.455. The van der Waals surface area contributed by atoms with E-state index in [1.165, 1.54) is 57.3 Å². The van der Waals surface area contributed by atoms with Crippen molar-refractivity contribution in [2.45, 2.75) is 233 Å². The maximum absolute atomic E-state index is 14.6. The number of quaternary nitrogens is 1. The van der Waals surface area contributed by atoms with Gasteiger partial charge in [0.25, 0.3) is 0 Å². The summed E-state index contributed by atoms with van der Waals surface area (Å²) in [5, 5.41) is 6.85. The van der Waals surface area contributed by atoms with E-state index >= 15 is 0 Å². The zero-order valence-corrected chi connectivity index (χ0v) is 66.1. The zero-order valence-electron chi connectivity index (χ0n) is 65.2. The van der Waals surface area contributed by atoms with Gasteiger partial charge in [-0.3, -0.25) is 4.79 Å². The first kappa shape index (κ1) is 82.1. The normalized spacial score (nSPS) is 14.6. The number of allylic oxidation sites excluding steroid dienone is 4. The number of nitrogens with one attached hydrogen (secondary N) is 1. The van der Waals surface area contributed by atoms with Crippen molar-refractivity contribution in [2.75, 3.05) is 13.2 Å². The Morgan fingerprint density at radius 3 is 1.22 bits per heavy atom. The molecule has 4 N–H and O–H groups in total. The molecule has 3 aliphatic rings. The molecule has 0 fully saturated rings. The zero-order chi connectivity index (χ0) is 75.3. The van der Waals surface area contributed by atoms with Crippen LogP contribution in [-0.4, -0.2) is 43.8 Å². The van der Waals surface area contributed by atoms with Crippen molar-refractivity contribution in [2.24, 2.45) is 16.7 Å². The smallest absolute Gasteiger partial charge is 0.372 e. The molecule has 13 heteroatoms. The fourth-order valence-electron chi connectivity index (χ4n) is 12.8. The predicted molar refractivity (Wildman–Crippen MR) is 417 cm³/mol. The van der Waals surface area contributed by atoms with Gasteiger partial charge in [0, 0.05) is 59.3 Å². The van der Waals surface area contributed by atoms with Crippen molar-refractivity contribution in [1.82, 2.24) is 5.32 Å². The van der Waals surface area contributed by atoms with Gasteiger partial charge in [-0.2, -0.15) is 0 Å². The number of rotatable bonds is 15. The highest BCUT2D eigenvalue weighted by Gasteiger charge is 2.36. The summed E-state index contributed by atoms with van der Waals surface area (Å²) >= 11 is 0. The Morgan fingerprint density at radius 2 is 0.931 bits per heavy atom. The van der Waals surface area contributed by atoms with E-state index in [0.717, 1.165) is 84.5 Å². The lowest BCUT2D eigenvalue weighted by Crippen LogP contribution is -2.61. The third-order valence-corrected chi connectivity index (χ3v) is 20.5. The number of carbonyl (C=O) groups excluding carboxylic acids is 4. The van der Waals surface area contributed by atoms with Gasteiger partial charge < -0.3 is 39.3 Å². The monoisotopic (exact) mass is 1390 g/mol. The number of esters is 2. The average molecular weight is 1390 g/mol. The summed E-state index contributed by atoms with van der Waals surface area (Å²) in [4.78, 5) is 58.1. The van der Waals surface area contributed by atoms with Crippen molar-refractivity contribution in [3.8, 4) is 44.9 Å². The lowest BCUT2D eigenvalue weighted by molar-refractivity contribution is -0.416. The SMILES string of the molecule is C/C(=C\C=O)C(C)(C)C.CC(C)c1cc(C(C)C)c(-c2cc3ccccc3c3c2OP(=O)([O-])Oc2c(-c4c(C(C)C)cc(C(C)C)cc4C(C)C)cc4ccccc4c2-3)c(C(C)C)c1.CC(CC=O)C(C)(C)C.CCOC(=O)C1=C(C)NC(C)=C(C(=O)OCC)C1.[NH3+]C1Cc2ccccc2C1. The molecule has 544 valence electrons. The van der Waals surface area contributed by atoms with Gasteiger partial charge in [-0.1, -0.05) is 234 Å². The molecule has 0 bridgehead atoms. The summed E-state index contributed by atoms with van der Waals surface area (Å²) in [5.74, 6) is 1.72. The van der Waals surface area contributed by atoms with Gasteiger partial charge in [-0.15, -0.1) is 0 Å². The van der Waals surface area contributed by atoms with E-state index in [1.807, 2.05) is 19.1 Å². The van der Waals surface area contributed by atoms with Gasteiger partial charge in [0.2, 0.25) is 0 Å². The maximum Gasteiger partial charge on any atom is 0.372 e. The Hall–Kier alpha value is -7.89. The molecule has 101 heavy (non-hydrogen) atoms. The molecule has 12 nitrogen and oxygen atoms in total. The summed E-state index contributed by atoms with van der Waals surface area (Å²) < 4.78 is 37.3. The van der Waals surface area contributed by atoms with Crippen LogP contribution >= 0.6 is 7.82 Å². The van der Waals surface area contributed by atoms with E-state index in [0.29, 0.717) is 66.1 Å². The maximum atomic E-state index is 14.6. The van der Waals surface area contributed by atoms with Crippen LogP contribution in [0.3, 0.4) is 0 Å². The second-order valence-corrected chi connectivity index (χ2v) is 32.6. The van der Waals surface area contributed by atoms with E-state index in [-0.39, 0.29) is 40.9 Å². The number of aldehydes is 2. The third-order valence-electron chi connectivity index (χ3n) is 19.7. The lowest BCUT2D eigenvalue weighted by Gasteiger charge is -2.28. The second-order valence-electron chi connectivity index (χ2n) is 31.3. The van der Waals surface area contributed by atoms with Gasteiger partial charge in [0.15, 0.2) is 0 Å². The Morgan fingerprint density at radius 1 is 0.574 bits per heavy atom. The number of carbonyl (C=O) groups is 4. The molecule has 0 saturated heterocycles. The first-order valence-electron chi connectivity index (χ1n) is 36.5. The summed E-state index contributed by atoms with van der Waals surface area (Å²) in [6.07, 6.45) is 6.73. The summed E-state index contributed by atoms with van der Waals surface area (Å²) in [5.41, 5.74) is 23.3. The van der Waals surface area contributed by atoms with Crippen molar-refractivity contribution >= 4 is 53.9 Å². The molecule has 0 amide bonds. The highest BCUT2D eigenvalue weighted by atomic mass is 31.2. The van der Waals surface area contributed by atoms with Gasteiger partial charge >= 0.3 is 19.8 Å². The number of phosphoric acid groups is 1. The quantitative estimate of drug-likeness (QED) is 0.0431. The molecule has 0 saturated carbocycles. The standard InChI is InChI=1S/C50H57O4P.C13H19NO4.C9H11N.C8H16O.C8H14O/c1-27(2)35-23-39(29(5)6)45(40(24-35)30(7)8)43-21-33-17-13-15-19-37(33)47-48-38-20-16-14-18-34(38)22-44(50(48)54-55(51,52)53-49(43)47)46-41(31(9)10)25-36(28(3)4)26-42(46)32(11)12;1-5-17-12(15)10-7-11(13(16)18-6-2)9(4)14-8(10)3;10-9-5-7-3-1-2-4-8(7)6-9;2*1-7(5-6-9)8(2,3)4/h13-32H,1-12H3,(H,51,52);14H,5-7H2,1-4H3;1-4,9H,5-6,10H2;6-7H,5H2,1-4H3;5-6H,1-4H3/b;;;;7-5+.